The van der Waals surface area contributed by atoms with Gasteiger partial charge >= 0.3 is 0 Å². The number of aliphatic hydroxyl groups is 1. The smallest absolute Gasteiger partial charge is 0.269 e. The van der Waals surface area contributed by atoms with Gasteiger partial charge in [-0.05, 0) is 36.1 Å². The highest BCUT2D eigenvalue weighted by atomic mass is 16.6. The highest BCUT2D eigenvalue weighted by Gasteiger charge is 2.04. The van der Waals surface area contributed by atoms with Crippen molar-refractivity contribution in [3.8, 4) is 0 Å². The Bertz CT molecular complexity index is 482. The van der Waals surface area contributed by atoms with Crippen molar-refractivity contribution in [3.63, 3.8) is 0 Å². The van der Waals surface area contributed by atoms with Crippen LogP contribution in [0.5, 0.6) is 0 Å². The van der Waals surface area contributed by atoms with E-state index in [4.69, 9.17) is 5.11 Å². The largest absolute Gasteiger partial charge is 0.396 e. The number of hydrogen-bond donors (Lipinski definition) is 2. The molecule has 1 unspecified atom stereocenters. The van der Waals surface area contributed by atoms with Crippen molar-refractivity contribution in [1.82, 2.24) is 5.32 Å². The van der Waals surface area contributed by atoms with Gasteiger partial charge in [-0.3, -0.25) is 14.9 Å². The number of nitro groups is 1. The molecule has 0 aliphatic carbocycles. The first-order chi connectivity index (χ1) is 9.52. The monoisotopic (exact) mass is 278 g/mol. The summed E-state index contributed by atoms with van der Waals surface area (Å²) in [6, 6.07) is 5.94. The fraction of sp³-hybridized carbons (Fsp3) is 0.357. The molecule has 0 aliphatic heterocycles. The average molecular weight is 278 g/mol. The number of nitrogens with zero attached hydrogens (tertiary/aromatic N) is 1. The Kier molecular flexibility index (Phi) is 6.39. The van der Waals surface area contributed by atoms with Crippen molar-refractivity contribution in [2.75, 3.05) is 13.2 Å². The number of aliphatic hydroxyl groups excluding tert-OH is 1. The van der Waals surface area contributed by atoms with Gasteiger partial charge in [0.2, 0.25) is 5.91 Å². The molecule has 1 amide bonds. The Morgan fingerprint density at radius 3 is 2.65 bits per heavy atom. The zero-order valence-corrected chi connectivity index (χ0v) is 11.3. The van der Waals surface area contributed by atoms with Gasteiger partial charge < -0.3 is 10.4 Å². The molecule has 6 nitrogen and oxygen atoms in total. The summed E-state index contributed by atoms with van der Waals surface area (Å²) in [5, 5.41) is 21.9. The molecule has 0 spiro atoms. The number of nitrogens with one attached hydrogen (secondary N) is 1. The van der Waals surface area contributed by atoms with E-state index in [1.165, 1.54) is 18.2 Å². The number of hydrogen-bond acceptors (Lipinski definition) is 4. The van der Waals surface area contributed by atoms with Gasteiger partial charge in [0.05, 0.1) is 4.92 Å². The molecule has 0 heterocycles. The second-order valence-corrected chi connectivity index (χ2v) is 4.54. The molecular formula is C14H18N2O4. The molecule has 0 bridgehead atoms. The van der Waals surface area contributed by atoms with Gasteiger partial charge in [0.25, 0.3) is 5.69 Å². The van der Waals surface area contributed by atoms with Gasteiger partial charge in [-0.1, -0.05) is 6.92 Å². The molecule has 20 heavy (non-hydrogen) atoms. The summed E-state index contributed by atoms with van der Waals surface area (Å²) in [5.41, 5.74) is 0.735. The second-order valence-electron chi connectivity index (χ2n) is 4.54. The van der Waals surface area contributed by atoms with Crippen molar-refractivity contribution in [3.05, 3.63) is 46.0 Å². The van der Waals surface area contributed by atoms with Crippen molar-refractivity contribution in [2.45, 2.75) is 13.3 Å². The number of carbonyl (C=O) groups excluding carboxylic acids is 1. The van der Waals surface area contributed by atoms with Crippen LogP contribution in [0, 0.1) is 16.0 Å². The quantitative estimate of drug-likeness (QED) is 0.451. The number of nitro benzene ring substituents is 1. The average Bonchev–Trinajstić information content (AvgIpc) is 2.43. The molecule has 0 aliphatic rings. The zero-order valence-electron chi connectivity index (χ0n) is 11.3. The fourth-order valence-corrected chi connectivity index (χ4v) is 1.54. The zero-order chi connectivity index (χ0) is 15.0. The molecular weight excluding hydrogens is 260 g/mol. The van der Waals surface area contributed by atoms with E-state index in [2.05, 4.69) is 5.32 Å². The maximum atomic E-state index is 11.5. The summed E-state index contributed by atoms with van der Waals surface area (Å²) in [4.78, 5) is 21.5. The van der Waals surface area contributed by atoms with Crippen LogP contribution in [-0.4, -0.2) is 29.1 Å². The normalized spacial score (nSPS) is 12.3. The van der Waals surface area contributed by atoms with Crippen molar-refractivity contribution in [1.29, 1.82) is 0 Å². The molecule has 0 saturated carbocycles. The molecule has 1 aromatic carbocycles. The number of benzene rings is 1. The van der Waals surface area contributed by atoms with Crippen LogP contribution >= 0.6 is 0 Å². The van der Waals surface area contributed by atoms with Crippen molar-refractivity contribution in [2.24, 2.45) is 5.92 Å². The summed E-state index contributed by atoms with van der Waals surface area (Å²) in [5.74, 6) is -0.00938. The van der Waals surface area contributed by atoms with Gasteiger partial charge in [-0.2, -0.15) is 0 Å². The molecule has 2 N–H and O–H groups in total. The molecule has 0 saturated heterocycles. The van der Waals surface area contributed by atoms with Crippen molar-refractivity contribution >= 4 is 17.7 Å². The molecule has 1 rings (SSSR count). The van der Waals surface area contributed by atoms with Crippen LogP contribution in [0.15, 0.2) is 30.3 Å². The van der Waals surface area contributed by atoms with E-state index in [0.29, 0.717) is 18.5 Å². The third-order valence-electron chi connectivity index (χ3n) is 2.78. The Balaban J connectivity index is 2.46. The first-order valence-electron chi connectivity index (χ1n) is 6.34. The predicted molar refractivity (Wildman–Crippen MR) is 76.0 cm³/mol. The lowest BCUT2D eigenvalue weighted by molar-refractivity contribution is -0.384. The first-order valence-corrected chi connectivity index (χ1v) is 6.34. The third kappa shape index (κ3) is 5.62. The number of carbonyl (C=O) groups is 1. The minimum Gasteiger partial charge on any atom is -0.396 e. The SMILES string of the molecule is CC(CCO)CNC(=O)/C=C/c1ccc([N+](=O)[O-])cc1. The number of non-ortho nitro benzene ring substituents is 1. The van der Waals surface area contributed by atoms with Gasteiger partial charge in [0.1, 0.15) is 0 Å². The van der Waals surface area contributed by atoms with E-state index in [1.807, 2.05) is 6.92 Å². The Labute approximate surface area is 117 Å². The molecule has 1 aromatic rings. The lowest BCUT2D eigenvalue weighted by atomic mass is 10.1. The topological polar surface area (TPSA) is 92.5 Å². The van der Waals surface area contributed by atoms with Gasteiger partial charge in [0.15, 0.2) is 0 Å². The minimum atomic E-state index is -0.469. The van der Waals surface area contributed by atoms with Crippen LogP contribution in [-0.2, 0) is 4.79 Å². The van der Waals surface area contributed by atoms with Crippen LogP contribution in [0.4, 0.5) is 5.69 Å². The van der Waals surface area contributed by atoms with Crippen LogP contribution in [0.2, 0.25) is 0 Å². The van der Waals surface area contributed by atoms with Crippen molar-refractivity contribution < 1.29 is 14.8 Å². The third-order valence-corrected chi connectivity index (χ3v) is 2.78. The molecule has 0 aromatic heterocycles. The number of rotatable bonds is 7. The summed E-state index contributed by atoms with van der Waals surface area (Å²) in [7, 11) is 0. The van der Waals surface area contributed by atoms with Crippen LogP contribution in [0.3, 0.4) is 0 Å². The molecule has 0 radical (unpaired) electrons. The van der Waals surface area contributed by atoms with Crippen LogP contribution in [0.25, 0.3) is 6.08 Å². The lowest BCUT2D eigenvalue weighted by Crippen LogP contribution is -2.26. The maximum absolute atomic E-state index is 11.5. The predicted octanol–water partition coefficient (Wildman–Crippen LogP) is 1.74. The van der Waals surface area contributed by atoms with E-state index in [9.17, 15) is 14.9 Å². The summed E-state index contributed by atoms with van der Waals surface area (Å²) in [6.45, 7) is 2.55. The summed E-state index contributed by atoms with van der Waals surface area (Å²) >= 11 is 0. The Hall–Kier alpha value is -2.21. The molecule has 0 fully saturated rings. The maximum Gasteiger partial charge on any atom is 0.269 e. The van der Waals surface area contributed by atoms with Gasteiger partial charge in [-0.25, -0.2) is 0 Å². The highest BCUT2D eigenvalue weighted by molar-refractivity contribution is 5.91. The van der Waals surface area contributed by atoms with Gasteiger partial charge in [-0.15, -0.1) is 0 Å². The Morgan fingerprint density at radius 2 is 2.10 bits per heavy atom. The van der Waals surface area contributed by atoms with E-state index < -0.39 is 4.92 Å². The highest BCUT2D eigenvalue weighted by Crippen LogP contribution is 2.12. The van der Waals surface area contributed by atoms with Crippen LogP contribution < -0.4 is 5.32 Å². The summed E-state index contributed by atoms with van der Waals surface area (Å²) in [6.07, 6.45) is 3.62. The molecule has 108 valence electrons. The first kappa shape index (κ1) is 15.8. The standard InChI is InChI=1S/C14H18N2O4/c1-11(8-9-17)10-15-14(18)7-4-12-2-5-13(6-3-12)16(19)20/h2-7,11,17H,8-10H2,1H3,(H,15,18)/b7-4+. The summed E-state index contributed by atoms with van der Waals surface area (Å²) < 4.78 is 0. The van der Waals surface area contributed by atoms with E-state index in [1.54, 1.807) is 18.2 Å². The van der Waals surface area contributed by atoms with Gasteiger partial charge in [0, 0.05) is 31.4 Å². The molecule has 6 heteroatoms. The van der Waals surface area contributed by atoms with E-state index >= 15 is 0 Å². The second kappa shape index (κ2) is 8.06. The van der Waals surface area contributed by atoms with Crippen LogP contribution in [0.1, 0.15) is 18.9 Å². The van der Waals surface area contributed by atoms with E-state index in [0.717, 1.165) is 0 Å². The van der Waals surface area contributed by atoms with E-state index in [-0.39, 0.29) is 24.1 Å². The fourth-order valence-electron chi connectivity index (χ4n) is 1.54. The lowest BCUT2D eigenvalue weighted by Gasteiger charge is -2.09. The Morgan fingerprint density at radius 1 is 1.45 bits per heavy atom. The molecule has 1 atom stereocenters. The number of amides is 1. The minimum absolute atomic E-state index is 0.0180.